The van der Waals surface area contributed by atoms with Crippen molar-refractivity contribution < 1.29 is 19.4 Å². The van der Waals surface area contributed by atoms with Crippen LogP contribution in [0.15, 0.2) is 0 Å². The highest BCUT2D eigenvalue weighted by Crippen LogP contribution is 2.20. The quantitative estimate of drug-likeness (QED) is 0.681. The van der Waals surface area contributed by atoms with Gasteiger partial charge in [-0.05, 0) is 36.7 Å². The van der Waals surface area contributed by atoms with E-state index in [0.29, 0.717) is 12.3 Å². The molecule has 6 heteroatoms. The van der Waals surface area contributed by atoms with Gasteiger partial charge in [0.25, 0.3) is 0 Å². The third-order valence-electron chi connectivity index (χ3n) is 2.92. The second-order valence-corrected chi connectivity index (χ2v) is 5.66. The molecule has 0 aromatic carbocycles. The Labute approximate surface area is 112 Å². The summed E-state index contributed by atoms with van der Waals surface area (Å²) in [6, 6.07) is -0.760. The van der Waals surface area contributed by atoms with Gasteiger partial charge in [-0.15, -0.1) is 0 Å². The van der Waals surface area contributed by atoms with Crippen molar-refractivity contribution in [1.82, 2.24) is 5.32 Å². The molecule has 0 saturated carbocycles. The lowest BCUT2D eigenvalue weighted by Crippen LogP contribution is -2.39. The SMILES string of the molecule is CC(=O)NC(CCSCC1CCOCC1)C(=O)O. The minimum atomic E-state index is -0.961. The van der Waals surface area contributed by atoms with Gasteiger partial charge in [0.15, 0.2) is 0 Å². The van der Waals surface area contributed by atoms with Crippen LogP contribution in [0.5, 0.6) is 0 Å². The summed E-state index contributed by atoms with van der Waals surface area (Å²) in [4.78, 5) is 21.7. The minimum absolute atomic E-state index is 0.295. The monoisotopic (exact) mass is 275 g/mol. The number of carboxylic acid groups (broad SMARTS) is 1. The van der Waals surface area contributed by atoms with Crippen LogP contribution in [0.2, 0.25) is 0 Å². The van der Waals surface area contributed by atoms with Crippen LogP contribution in [0.3, 0.4) is 0 Å². The predicted octanol–water partition coefficient (Wildman–Crippen LogP) is 1.13. The van der Waals surface area contributed by atoms with Crippen molar-refractivity contribution in [1.29, 1.82) is 0 Å². The molecule has 0 aromatic rings. The molecule has 0 aromatic heterocycles. The first-order valence-electron chi connectivity index (χ1n) is 6.25. The molecule has 1 aliphatic rings. The molecule has 5 nitrogen and oxygen atoms in total. The highest BCUT2D eigenvalue weighted by Gasteiger charge is 2.18. The average Bonchev–Trinajstić information content (AvgIpc) is 2.33. The van der Waals surface area contributed by atoms with Gasteiger partial charge < -0.3 is 15.2 Å². The lowest BCUT2D eigenvalue weighted by molar-refractivity contribution is -0.141. The molecular weight excluding hydrogens is 254 g/mol. The van der Waals surface area contributed by atoms with Gasteiger partial charge >= 0.3 is 5.97 Å². The number of nitrogens with one attached hydrogen (secondary N) is 1. The van der Waals surface area contributed by atoms with Gasteiger partial charge in [-0.25, -0.2) is 4.79 Å². The van der Waals surface area contributed by atoms with Gasteiger partial charge in [-0.3, -0.25) is 4.79 Å². The molecule has 1 aliphatic heterocycles. The van der Waals surface area contributed by atoms with Crippen LogP contribution in [-0.4, -0.2) is 47.7 Å². The Kier molecular flexibility index (Phi) is 7.12. The molecule has 1 unspecified atom stereocenters. The fraction of sp³-hybridized carbons (Fsp3) is 0.833. The molecule has 18 heavy (non-hydrogen) atoms. The van der Waals surface area contributed by atoms with Gasteiger partial charge in [-0.2, -0.15) is 11.8 Å². The molecule has 1 heterocycles. The van der Waals surface area contributed by atoms with Gasteiger partial charge in [-0.1, -0.05) is 0 Å². The Morgan fingerprint density at radius 2 is 2.11 bits per heavy atom. The van der Waals surface area contributed by atoms with Crippen LogP contribution in [0, 0.1) is 5.92 Å². The molecule has 0 bridgehead atoms. The average molecular weight is 275 g/mol. The molecule has 0 spiro atoms. The Bertz CT molecular complexity index is 279. The minimum Gasteiger partial charge on any atom is -0.480 e. The maximum absolute atomic E-state index is 10.9. The van der Waals surface area contributed by atoms with E-state index in [4.69, 9.17) is 9.84 Å². The van der Waals surface area contributed by atoms with Gasteiger partial charge in [0.2, 0.25) is 5.91 Å². The lowest BCUT2D eigenvalue weighted by atomic mass is 10.0. The standard InChI is InChI=1S/C12H21NO4S/c1-9(14)13-11(12(15)16)4-7-18-8-10-2-5-17-6-3-10/h10-11H,2-8H2,1H3,(H,13,14)(H,15,16). The van der Waals surface area contributed by atoms with E-state index in [2.05, 4.69) is 5.32 Å². The second kappa shape index (κ2) is 8.37. The Balaban J connectivity index is 2.13. The van der Waals surface area contributed by atoms with Crippen molar-refractivity contribution in [3.8, 4) is 0 Å². The van der Waals surface area contributed by atoms with E-state index >= 15 is 0 Å². The number of ether oxygens (including phenoxy) is 1. The highest BCUT2D eigenvalue weighted by molar-refractivity contribution is 7.99. The van der Waals surface area contributed by atoms with E-state index in [9.17, 15) is 9.59 Å². The summed E-state index contributed by atoms with van der Waals surface area (Å²) >= 11 is 1.76. The maximum atomic E-state index is 10.9. The van der Waals surface area contributed by atoms with E-state index in [1.54, 1.807) is 11.8 Å². The Hall–Kier alpha value is -0.750. The van der Waals surface area contributed by atoms with Crippen LogP contribution >= 0.6 is 11.8 Å². The summed E-state index contributed by atoms with van der Waals surface area (Å²) in [5, 5.41) is 11.4. The summed E-state index contributed by atoms with van der Waals surface area (Å²) < 4.78 is 5.28. The van der Waals surface area contributed by atoms with Crippen molar-refractivity contribution in [2.75, 3.05) is 24.7 Å². The van der Waals surface area contributed by atoms with E-state index < -0.39 is 12.0 Å². The summed E-state index contributed by atoms with van der Waals surface area (Å²) in [6.45, 7) is 3.02. The van der Waals surface area contributed by atoms with Crippen molar-refractivity contribution in [3.63, 3.8) is 0 Å². The molecule has 1 fully saturated rings. The Morgan fingerprint density at radius 3 is 2.67 bits per heavy atom. The second-order valence-electron chi connectivity index (χ2n) is 4.51. The number of carbonyl (C=O) groups excluding carboxylic acids is 1. The van der Waals surface area contributed by atoms with E-state index in [0.717, 1.165) is 37.6 Å². The third kappa shape index (κ3) is 6.26. The third-order valence-corrected chi connectivity index (χ3v) is 4.15. The predicted molar refractivity (Wildman–Crippen MR) is 70.7 cm³/mol. The zero-order valence-corrected chi connectivity index (χ0v) is 11.5. The number of hydrogen-bond donors (Lipinski definition) is 2. The first-order valence-corrected chi connectivity index (χ1v) is 7.40. The first-order chi connectivity index (χ1) is 8.59. The number of carbonyl (C=O) groups is 2. The number of aliphatic carboxylic acids is 1. The molecule has 0 aliphatic carbocycles. The normalized spacial score (nSPS) is 18.3. The smallest absolute Gasteiger partial charge is 0.326 e. The number of hydrogen-bond acceptors (Lipinski definition) is 4. The zero-order valence-electron chi connectivity index (χ0n) is 10.7. The van der Waals surface area contributed by atoms with Crippen LogP contribution in [0.4, 0.5) is 0 Å². The van der Waals surface area contributed by atoms with Gasteiger partial charge in [0, 0.05) is 20.1 Å². The Morgan fingerprint density at radius 1 is 1.44 bits per heavy atom. The van der Waals surface area contributed by atoms with Crippen LogP contribution < -0.4 is 5.32 Å². The largest absolute Gasteiger partial charge is 0.480 e. The molecule has 2 N–H and O–H groups in total. The summed E-state index contributed by atoms with van der Waals surface area (Å²) in [5.74, 6) is 1.24. The fourth-order valence-corrected chi connectivity index (χ4v) is 3.10. The van der Waals surface area contributed by atoms with Crippen LogP contribution in [0.1, 0.15) is 26.2 Å². The number of rotatable bonds is 7. The highest BCUT2D eigenvalue weighted by atomic mass is 32.2. The van der Waals surface area contributed by atoms with Gasteiger partial charge in [0.1, 0.15) is 6.04 Å². The summed E-state index contributed by atoms with van der Waals surface area (Å²) in [5.41, 5.74) is 0. The maximum Gasteiger partial charge on any atom is 0.326 e. The van der Waals surface area contributed by atoms with Crippen molar-refractivity contribution in [2.45, 2.75) is 32.2 Å². The first kappa shape index (κ1) is 15.3. The van der Waals surface area contributed by atoms with E-state index in [1.807, 2.05) is 0 Å². The van der Waals surface area contributed by atoms with E-state index in [-0.39, 0.29) is 5.91 Å². The zero-order chi connectivity index (χ0) is 13.4. The molecule has 1 saturated heterocycles. The van der Waals surface area contributed by atoms with E-state index in [1.165, 1.54) is 6.92 Å². The molecule has 1 atom stereocenters. The van der Waals surface area contributed by atoms with Crippen LogP contribution in [0.25, 0.3) is 0 Å². The van der Waals surface area contributed by atoms with Crippen molar-refractivity contribution >= 4 is 23.6 Å². The number of amides is 1. The molecule has 104 valence electrons. The molecule has 0 radical (unpaired) electrons. The number of thioether (sulfide) groups is 1. The topological polar surface area (TPSA) is 75.6 Å². The molecule has 1 rings (SSSR count). The summed E-state index contributed by atoms with van der Waals surface area (Å²) in [7, 11) is 0. The van der Waals surface area contributed by atoms with Crippen LogP contribution in [-0.2, 0) is 14.3 Å². The molecule has 1 amide bonds. The molecular formula is C12H21NO4S. The fourth-order valence-electron chi connectivity index (χ4n) is 1.87. The number of carboxylic acids is 1. The lowest BCUT2D eigenvalue weighted by Gasteiger charge is -2.21. The van der Waals surface area contributed by atoms with Gasteiger partial charge in [0.05, 0.1) is 0 Å². The van der Waals surface area contributed by atoms with Crippen molar-refractivity contribution in [2.24, 2.45) is 5.92 Å². The van der Waals surface area contributed by atoms with Crippen molar-refractivity contribution in [3.05, 3.63) is 0 Å². The summed E-state index contributed by atoms with van der Waals surface area (Å²) in [6.07, 6.45) is 2.67.